The monoisotopic (exact) mass is 495 g/mol. The minimum absolute atomic E-state index is 0.0640. The van der Waals surface area contributed by atoms with Crippen LogP contribution in [0.2, 0.25) is 0 Å². The molecule has 31 heavy (non-hydrogen) atoms. The molecule has 1 aliphatic rings. The number of quaternary nitrogens is 1. The number of unbranched alkanes of at least 4 members (excludes halogenated alkanes) is 5. The van der Waals surface area contributed by atoms with Gasteiger partial charge < -0.3 is 4.48 Å². The van der Waals surface area contributed by atoms with Gasteiger partial charge in [-0.05, 0) is 12.8 Å². The molecule has 0 N–H and O–H groups in total. The van der Waals surface area contributed by atoms with Gasteiger partial charge in [0.15, 0.2) is 0 Å². The maximum atomic E-state index is 14.0. The van der Waals surface area contributed by atoms with Crippen molar-refractivity contribution < 1.29 is 52.4 Å². The Kier molecular flexibility index (Phi) is 8.77. The van der Waals surface area contributed by atoms with Gasteiger partial charge >= 0.3 is 23.3 Å². The highest BCUT2D eigenvalue weighted by Gasteiger charge is 2.85. The second-order valence-corrected chi connectivity index (χ2v) is 10.1. The minimum atomic E-state index is -7.24. The van der Waals surface area contributed by atoms with Gasteiger partial charge in [-0.25, -0.2) is 8.42 Å². The summed E-state index contributed by atoms with van der Waals surface area (Å²) in [6, 6.07) is 0. The average molecular weight is 495 g/mol. The number of halogens is 9. The van der Waals surface area contributed by atoms with Gasteiger partial charge in [0.05, 0.1) is 39.8 Å². The van der Waals surface area contributed by atoms with Crippen LogP contribution in [-0.4, -0.2) is 80.3 Å². The molecule has 1 fully saturated rings. The van der Waals surface area contributed by atoms with Gasteiger partial charge in [0, 0.05) is 0 Å². The maximum absolute atomic E-state index is 14.0. The molecule has 186 valence electrons. The summed E-state index contributed by atoms with van der Waals surface area (Å²) in [7, 11) is -4.78. The third-order valence-electron chi connectivity index (χ3n) is 5.61. The third-order valence-corrected chi connectivity index (χ3v) is 7.56. The zero-order chi connectivity index (χ0) is 24.4. The Morgan fingerprint density at radius 1 is 0.774 bits per heavy atom. The van der Waals surface area contributed by atoms with E-state index in [9.17, 15) is 47.9 Å². The van der Waals surface area contributed by atoms with Crippen molar-refractivity contribution in [3.8, 4) is 0 Å². The molecule has 0 aromatic carbocycles. The van der Waals surface area contributed by atoms with E-state index in [0.717, 1.165) is 38.5 Å². The largest absolute Gasteiger partial charge is 0.460 e. The van der Waals surface area contributed by atoms with E-state index in [0.29, 0.717) is 6.54 Å². The molecule has 4 nitrogen and oxygen atoms in total. The summed E-state index contributed by atoms with van der Waals surface area (Å²) >= 11 is 0. The van der Waals surface area contributed by atoms with Crippen LogP contribution >= 0.6 is 0 Å². The number of nitrogens with zero attached hydrogens (tertiary/aromatic N) is 2. The Hall–Kier alpha value is -0.760. The van der Waals surface area contributed by atoms with Crippen molar-refractivity contribution >= 4 is 10.0 Å². The van der Waals surface area contributed by atoms with Crippen molar-refractivity contribution in [2.75, 3.05) is 39.8 Å². The van der Waals surface area contributed by atoms with E-state index in [1.165, 1.54) is 0 Å². The van der Waals surface area contributed by atoms with Crippen LogP contribution in [0, 0.1) is 0 Å². The Morgan fingerprint density at radius 3 is 1.68 bits per heavy atom. The van der Waals surface area contributed by atoms with Crippen LogP contribution in [0.3, 0.4) is 0 Å². The molecule has 0 aromatic heterocycles. The van der Waals surface area contributed by atoms with E-state index < -0.39 is 46.4 Å². The van der Waals surface area contributed by atoms with Crippen molar-refractivity contribution in [2.24, 2.45) is 0 Å². The molecule has 0 bridgehead atoms. The lowest BCUT2D eigenvalue weighted by Gasteiger charge is -2.43. The van der Waals surface area contributed by atoms with E-state index in [2.05, 4.69) is 6.92 Å². The molecule has 0 radical (unpaired) electrons. The standard InChI is InChI=1S/C17H28F9N2O2S/c1-3-4-5-6-7-8-11-28(2)12-9-27(10-13-28)31(29,30)17(25,26)15(20,21)14(18,19)16(22,23)24/h3-13H2,1-2H3/q+1. The van der Waals surface area contributed by atoms with Gasteiger partial charge in [0.2, 0.25) is 0 Å². The lowest BCUT2D eigenvalue weighted by atomic mass is 10.1. The lowest BCUT2D eigenvalue weighted by molar-refractivity contribution is -0.913. The van der Waals surface area contributed by atoms with Crippen molar-refractivity contribution in [3.63, 3.8) is 0 Å². The maximum Gasteiger partial charge on any atom is 0.460 e. The molecule has 0 saturated carbocycles. The quantitative estimate of drug-likeness (QED) is 0.233. The van der Waals surface area contributed by atoms with E-state index in [1.807, 2.05) is 0 Å². The van der Waals surface area contributed by atoms with Gasteiger partial charge in [0.1, 0.15) is 0 Å². The molecule has 0 atom stereocenters. The van der Waals surface area contributed by atoms with Crippen molar-refractivity contribution in [1.29, 1.82) is 0 Å². The number of alkyl halides is 9. The molecular weight excluding hydrogens is 467 g/mol. The topological polar surface area (TPSA) is 37.4 Å². The van der Waals surface area contributed by atoms with Crippen LogP contribution in [0.25, 0.3) is 0 Å². The summed E-state index contributed by atoms with van der Waals surface area (Å²) in [5.74, 6) is -14.4. The number of rotatable bonds is 11. The summed E-state index contributed by atoms with van der Waals surface area (Å²) in [4.78, 5) is 0. The van der Waals surface area contributed by atoms with Crippen LogP contribution < -0.4 is 0 Å². The van der Waals surface area contributed by atoms with Crippen LogP contribution in [0.4, 0.5) is 39.5 Å². The third kappa shape index (κ3) is 5.60. The Labute approximate surface area is 176 Å². The van der Waals surface area contributed by atoms with E-state index in [4.69, 9.17) is 0 Å². The summed E-state index contributed by atoms with van der Waals surface area (Å²) in [6.07, 6.45) is -1.21. The van der Waals surface area contributed by atoms with Crippen LogP contribution in [0.5, 0.6) is 0 Å². The van der Waals surface area contributed by atoms with Crippen LogP contribution in [0.15, 0.2) is 0 Å². The molecule has 1 heterocycles. The first-order valence-corrected chi connectivity index (χ1v) is 11.3. The number of hydrogen-bond acceptors (Lipinski definition) is 2. The van der Waals surface area contributed by atoms with Crippen molar-refractivity contribution in [3.05, 3.63) is 0 Å². The Morgan fingerprint density at radius 2 is 1.23 bits per heavy atom. The average Bonchev–Trinajstić information content (AvgIpc) is 2.63. The van der Waals surface area contributed by atoms with E-state index in [1.54, 1.807) is 7.05 Å². The number of sulfonamides is 1. The molecule has 0 spiro atoms. The molecule has 0 aromatic rings. The normalized spacial score (nSPS) is 19.6. The van der Waals surface area contributed by atoms with Gasteiger partial charge in [-0.1, -0.05) is 32.6 Å². The molecular formula is C17H28F9N2O2S+. The molecule has 1 rings (SSSR count). The van der Waals surface area contributed by atoms with E-state index in [-0.39, 0.29) is 21.9 Å². The van der Waals surface area contributed by atoms with Gasteiger partial charge in [-0.15, -0.1) is 0 Å². The molecule has 0 aliphatic carbocycles. The highest BCUT2D eigenvalue weighted by atomic mass is 32.2. The first-order chi connectivity index (χ1) is 13.9. The fraction of sp³-hybridized carbons (Fsp3) is 1.00. The minimum Gasteiger partial charge on any atom is -0.324 e. The highest BCUT2D eigenvalue weighted by Crippen LogP contribution is 2.55. The lowest BCUT2D eigenvalue weighted by Crippen LogP contribution is -2.67. The summed E-state index contributed by atoms with van der Waals surface area (Å²) in [5, 5.41) is -6.65. The predicted molar refractivity (Wildman–Crippen MR) is 95.6 cm³/mol. The van der Waals surface area contributed by atoms with Crippen molar-refractivity contribution in [2.45, 2.75) is 68.7 Å². The van der Waals surface area contributed by atoms with Crippen LogP contribution in [0.1, 0.15) is 45.4 Å². The Balaban J connectivity index is 2.86. The van der Waals surface area contributed by atoms with Crippen LogP contribution in [-0.2, 0) is 10.0 Å². The Bertz CT molecular complexity index is 688. The highest BCUT2D eigenvalue weighted by molar-refractivity contribution is 7.90. The zero-order valence-corrected chi connectivity index (χ0v) is 18.1. The fourth-order valence-corrected chi connectivity index (χ4v) is 4.77. The smallest absolute Gasteiger partial charge is 0.324 e. The number of likely N-dealkylation sites (N-methyl/N-ethyl adjacent to an activating group) is 1. The first kappa shape index (κ1) is 28.3. The number of hydrogen-bond donors (Lipinski definition) is 0. The molecule has 0 unspecified atom stereocenters. The van der Waals surface area contributed by atoms with Gasteiger partial charge in [-0.2, -0.15) is 43.8 Å². The second kappa shape index (κ2) is 9.62. The SMILES string of the molecule is CCCCCCCC[N+]1(C)CCN(S(=O)(=O)C(F)(F)C(F)(F)C(F)(F)C(F)(F)F)CC1. The van der Waals surface area contributed by atoms with E-state index >= 15 is 0 Å². The van der Waals surface area contributed by atoms with Crippen molar-refractivity contribution in [1.82, 2.24) is 4.31 Å². The van der Waals surface area contributed by atoms with Gasteiger partial charge in [0.25, 0.3) is 10.0 Å². The second-order valence-electron chi connectivity index (χ2n) is 8.13. The molecule has 14 heteroatoms. The first-order valence-electron chi connectivity index (χ1n) is 9.91. The summed E-state index contributed by atoms with van der Waals surface area (Å²) in [6.45, 7) is 1.11. The summed E-state index contributed by atoms with van der Waals surface area (Å²) < 4.78 is 142. The zero-order valence-electron chi connectivity index (χ0n) is 17.3. The number of piperazine rings is 1. The molecule has 1 saturated heterocycles. The fourth-order valence-electron chi connectivity index (χ4n) is 3.35. The summed E-state index contributed by atoms with van der Waals surface area (Å²) in [5.41, 5.74) is 0. The van der Waals surface area contributed by atoms with Gasteiger partial charge in [-0.3, -0.25) is 0 Å². The predicted octanol–water partition coefficient (Wildman–Crippen LogP) is 4.86. The molecule has 0 amide bonds. The molecule has 1 aliphatic heterocycles.